The first-order valence-electron chi connectivity index (χ1n) is 5.45. The predicted octanol–water partition coefficient (Wildman–Crippen LogP) is 4.08. The Morgan fingerprint density at radius 2 is 1.88 bits per heavy atom. The van der Waals surface area contributed by atoms with E-state index in [0.29, 0.717) is 0 Å². The summed E-state index contributed by atoms with van der Waals surface area (Å²) in [7, 11) is 1.84. The normalized spacial score (nSPS) is 10.9. The van der Waals surface area contributed by atoms with Crippen molar-refractivity contribution in [3.63, 3.8) is 0 Å². The van der Waals surface area contributed by atoms with Crippen LogP contribution < -0.4 is 5.32 Å². The minimum absolute atomic E-state index is 0.727. The van der Waals surface area contributed by atoms with Gasteiger partial charge >= 0.3 is 0 Å². The molecule has 2 nitrogen and oxygen atoms in total. The average molecular weight is 243 g/mol. The Bertz CT molecular complexity index is 707. The number of aromatic nitrogens is 1. The molecule has 17 heavy (non-hydrogen) atoms. The molecule has 0 saturated carbocycles. The Labute approximate surface area is 104 Å². The molecule has 0 amide bonds. The minimum atomic E-state index is 0.727. The van der Waals surface area contributed by atoms with Crippen LogP contribution in [0.25, 0.3) is 21.7 Å². The minimum Gasteiger partial charge on any atom is -0.373 e. The molecule has 0 bridgehead atoms. The van der Waals surface area contributed by atoms with Crippen molar-refractivity contribution in [2.45, 2.75) is 0 Å². The van der Waals surface area contributed by atoms with Crippen LogP contribution in [0.3, 0.4) is 0 Å². The van der Waals surface area contributed by atoms with E-state index in [-0.39, 0.29) is 0 Å². The Kier molecular flexibility index (Phi) is 2.37. The number of rotatable bonds is 1. The molecule has 0 saturated heterocycles. The molecule has 0 spiro atoms. The zero-order valence-electron chi connectivity index (χ0n) is 9.37. The van der Waals surface area contributed by atoms with E-state index in [9.17, 15) is 0 Å². The molecule has 1 N–H and O–H groups in total. The third-order valence-electron chi connectivity index (χ3n) is 2.91. The maximum atomic E-state index is 6.26. The van der Waals surface area contributed by atoms with Crippen molar-refractivity contribution in [1.29, 1.82) is 0 Å². The van der Waals surface area contributed by atoms with Crippen molar-refractivity contribution in [3.05, 3.63) is 47.5 Å². The van der Waals surface area contributed by atoms with Crippen LogP contribution >= 0.6 is 11.6 Å². The van der Waals surface area contributed by atoms with Gasteiger partial charge in [0, 0.05) is 17.8 Å². The Hall–Kier alpha value is -1.80. The van der Waals surface area contributed by atoms with E-state index >= 15 is 0 Å². The summed E-state index contributed by atoms with van der Waals surface area (Å²) in [5.74, 6) is 0.791. The summed E-state index contributed by atoms with van der Waals surface area (Å²) in [6.07, 6.45) is 0. The third kappa shape index (κ3) is 1.61. The van der Waals surface area contributed by atoms with Crippen LogP contribution in [-0.2, 0) is 0 Å². The molecule has 1 aromatic heterocycles. The molecular formula is C14H11ClN2. The van der Waals surface area contributed by atoms with E-state index in [0.717, 1.165) is 27.1 Å². The van der Waals surface area contributed by atoms with E-state index in [2.05, 4.69) is 28.5 Å². The number of fused-ring (bicyclic) bond motifs is 3. The number of benzene rings is 2. The molecule has 0 atom stereocenters. The van der Waals surface area contributed by atoms with Crippen LogP contribution in [0.4, 0.5) is 5.82 Å². The van der Waals surface area contributed by atoms with Gasteiger partial charge in [-0.25, -0.2) is 4.98 Å². The molecule has 1 heterocycles. The van der Waals surface area contributed by atoms with Crippen molar-refractivity contribution < 1.29 is 0 Å². The Morgan fingerprint density at radius 1 is 1.06 bits per heavy atom. The summed E-state index contributed by atoms with van der Waals surface area (Å²) < 4.78 is 0. The lowest BCUT2D eigenvalue weighted by atomic mass is 10.1. The second kappa shape index (κ2) is 3.90. The van der Waals surface area contributed by atoms with Gasteiger partial charge in [0.05, 0.1) is 10.5 Å². The van der Waals surface area contributed by atoms with Crippen molar-refractivity contribution >= 4 is 39.1 Å². The van der Waals surface area contributed by atoms with Gasteiger partial charge in [0.1, 0.15) is 5.82 Å². The fourth-order valence-electron chi connectivity index (χ4n) is 2.05. The number of nitrogens with zero attached hydrogens (tertiary/aromatic N) is 1. The van der Waals surface area contributed by atoms with Gasteiger partial charge in [0.25, 0.3) is 0 Å². The van der Waals surface area contributed by atoms with Crippen LogP contribution in [0.5, 0.6) is 0 Å². The standard InChI is InChI=1S/C14H11ClN2/c1-16-13-8-12(15)11-7-6-9-4-2-3-5-10(9)14(11)17-13/h2-8H,1H3,(H,16,17). The SMILES string of the molecule is CNc1cc(Cl)c2ccc3ccccc3c2n1. The summed E-state index contributed by atoms with van der Waals surface area (Å²) in [5, 5.41) is 7.05. The maximum Gasteiger partial charge on any atom is 0.127 e. The largest absolute Gasteiger partial charge is 0.373 e. The molecule has 0 fully saturated rings. The summed E-state index contributed by atoms with van der Waals surface area (Å²) in [6.45, 7) is 0. The summed E-state index contributed by atoms with van der Waals surface area (Å²) >= 11 is 6.26. The lowest BCUT2D eigenvalue weighted by Gasteiger charge is -2.07. The predicted molar refractivity (Wildman–Crippen MR) is 73.8 cm³/mol. The lowest BCUT2D eigenvalue weighted by molar-refractivity contribution is 1.35. The maximum absolute atomic E-state index is 6.26. The number of hydrogen-bond acceptors (Lipinski definition) is 2. The topological polar surface area (TPSA) is 24.9 Å². The van der Waals surface area contributed by atoms with Crippen molar-refractivity contribution in [2.75, 3.05) is 12.4 Å². The molecule has 0 aliphatic carbocycles. The van der Waals surface area contributed by atoms with Gasteiger partial charge in [-0.15, -0.1) is 0 Å². The molecular weight excluding hydrogens is 232 g/mol. The summed E-state index contributed by atoms with van der Waals surface area (Å²) in [4.78, 5) is 4.59. The van der Waals surface area contributed by atoms with Gasteiger partial charge in [-0.05, 0) is 11.5 Å². The van der Waals surface area contributed by atoms with Gasteiger partial charge in [-0.1, -0.05) is 48.0 Å². The number of anilines is 1. The van der Waals surface area contributed by atoms with E-state index in [1.165, 1.54) is 5.39 Å². The first kappa shape index (κ1) is 10.4. The molecule has 0 aliphatic heterocycles. The molecule has 84 valence electrons. The summed E-state index contributed by atoms with van der Waals surface area (Å²) in [5.41, 5.74) is 0.944. The first-order valence-corrected chi connectivity index (χ1v) is 5.83. The fraction of sp³-hybridized carbons (Fsp3) is 0.0714. The molecule has 0 aliphatic rings. The molecule has 0 radical (unpaired) electrons. The number of halogens is 1. The van der Waals surface area contributed by atoms with Crippen LogP contribution in [-0.4, -0.2) is 12.0 Å². The van der Waals surface area contributed by atoms with Crippen molar-refractivity contribution in [2.24, 2.45) is 0 Å². The van der Waals surface area contributed by atoms with Gasteiger partial charge in [0.15, 0.2) is 0 Å². The van der Waals surface area contributed by atoms with E-state index in [1.807, 2.05) is 31.3 Å². The summed E-state index contributed by atoms with van der Waals surface area (Å²) in [6, 6.07) is 14.1. The zero-order chi connectivity index (χ0) is 11.8. The third-order valence-corrected chi connectivity index (χ3v) is 3.22. The molecule has 2 aromatic carbocycles. The highest BCUT2D eigenvalue weighted by molar-refractivity contribution is 6.36. The fourth-order valence-corrected chi connectivity index (χ4v) is 2.30. The first-order chi connectivity index (χ1) is 8.29. The van der Waals surface area contributed by atoms with Crippen LogP contribution in [0.15, 0.2) is 42.5 Å². The van der Waals surface area contributed by atoms with Gasteiger partial charge < -0.3 is 5.32 Å². The second-order valence-electron chi connectivity index (χ2n) is 3.92. The number of hydrogen-bond donors (Lipinski definition) is 1. The number of nitrogens with one attached hydrogen (secondary N) is 1. The highest BCUT2D eigenvalue weighted by Crippen LogP contribution is 2.30. The quantitative estimate of drug-likeness (QED) is 0.651. The highest BCUT2D eigenvalue weighted by Gasteiger charge is 2.06. The van der Waals surface area contributed by atoms with Crippen LogP contribution in [0.1, 0.15) is 0 Å². The lowest BCUT2D eigenvalue weighted by Crippen LogP contribution is -1.93. The Balaban J connectivity index is 2.51. The van der Waals surface area contributed by atoms with Gasteiger partial charge in [-0.3, -0.25) is 0 Å². The van der Waals surface area contributed by atoms with E-state index in [1.54, 1.807) is 0 Å². The van der Waals surface area contributed by atoms with Gasteiger partial charge in [0.2, 0.25) is 0 Å². The van der Waals surface area contributed by atoms with Crippen molar-refractivity contribution in [1.82, 2.24) is 4.98 Å². The van der Waals surface area contributed by atoms with Crippen LogP contribution in [0.2, 0.25) is 5.02 Å². The molecule has 3 heteroatoms. The second-order valence-corrected chi connectivity index (χ2v) is 4.33. The van der Waals surface area contributed by atoms with Crippen LogP contribution in [0, 0.1) is 0 Å². The molecule has 3 aromatic rings. The Morgan fingerprint density at radius 3 is 2.71 bits per heavy atom. The average Bonchev–Trinajstić information content (AvgIpc) is 2.38. The highest BCUT2D eigenvalue weighted by atomic mass is 35.5. The number of pyridine rings is 1. The zero-order valence-corrected chi connectivity index (χ0v) is 10.1. The smallest absolute Gasteiger partial charge is 0.127 e. The van der Waals surface area contributed by atoms with Crippen molar-refractivity contribution in [3.8, 4) is 0 Å². The molecule has 0 unspecified atom stereocenters. The molecule has 3 rings (SSSR count). The monoisotopic (exact) mass is 242 g/mol. The van der Waals surface area contributed by atoms with E-state index in [4.69, 9.17) is 11.6 Å². The van der Waals surface area contributed by atoms with E-state index < -0.39 is 0 Å². The van der Waals surface area contributed by atoms with Gasteiger partial charge in [-0.2, -0.15) is 0 Å².